The largest absolute Gasteiger partial charge is 0.335 e. The number of nitrogens with one attached hydrogen (secondary N) is 1. The molecule has 1 aromatic carbocycles. The van der Waals surface area contributed by atoms with Crippen molar-refractivity contribution in [2.24, 2.45) is 4.99 Å². The highest BCUT2D eigenvalue weighted by Gasteiger charge is 2.38. The summed E-state index contributed by atoms with van der Waals surface area (Å²) in [5.74, 6) is 1.17. The third kappa shape index (κ3) is 2.97. The van der Waals surface area contributed by atoms with Crippen LogP contribution in [0.25, 0.3) is 0 Å². The van der Waals surface area contributed by atoms with Crippen LogP contribution in [-0.4, -0.2) is 16.5 Å². The molecule has 0 saturated heterocycles. The Kier molecular flexibility index (Phi) is 3.83. The quantitative estimate of drug-likeness (QED) is 0.879. The maximum absolute atomic E-state index is 4.94. The molecule has 1 aliphatic carbocycles. The minimum atomic E-state index is 0.273. The number of aryl methyl sites for hydroxylation is 1. The molecule has 3 rings (SSSR count). The average Bonchev–Trinajstić information content (AvgIpc) is 3.03. The van der Waals surface area contributed by atoms with Gasteiger partial charge >= 0.3 is 0 Å². The van der Waals surface area contributed by atoms with Gasteiger partial charge in [-0.2, -0.15) is 0 Å². The fourth-order valence-electron chi connectivity index (χ4n) is 3.00. The van der Waals surface area contributed by atoms with E-state index in [0.717, 1.165) is 5.17 Å². The number of benzene rings is 1. The predicted molar refractivity (Wildman–Crippen MR) is 85.2 cm³/mol. The Labute approximate surface area is 120 Å². The van der Waals surface area contributed by atoms with Crippen molar-refractivity contribution in [2.45, 2.75) is 51.0 Å². The van der Waals surface area contributed by atoms with E-state index < -0.39 is 0 Å². The fraction of sp³-hybridized carbons (Fsp3) is 0.562. The lowest BCUT2D eigenvalue weighted by Crippen LogP contribution is -2.21. The summed E-state index contributed by atoms with van der Waals surface area (Å²) in [6.07, 6.45) is 7.63. The van der Waals surface area contributed by atoms with E-state index in [-0.39, 0.29) is 5.54 Å². The van der Waals surface area contributed by atoms with Crippen molar-refractivity contribution in [1.82, 2.24) is 0 Å². The molecule has 1 saturated carbocycles. The van der Waals surface area contributed by atoms with Gasteiger partial charge in [-0.25, -0.2) is 0 Å². The maximum Gasteiger partial charge on any atom is 0.161 e. The number of amidine groups is 1. The van der Waals surface area contributed by atoms with Crippen LogP contribution in [0.4, 0.5) is 5.69 Å². The fourth-order valence-corrected chi connectivity index (χ4v) is 4.21. The second kappa shape index (κ2) is 5.58. The molecular formula is C16H22N2S. The summed E-state index contributed by atoms with van der Waals surface area (Å²) in [7, 11) is 0. The van der Waals surface area contributed by atoms with Gasteiger partial charge in [-0.1, -0.05) is 50.1 Å². The van der Waals surface area contributed by atoms with E-state index >= 15 is 0 Å². The van der Waals surface area contributed by atoms with Crippen LogP contribution in [0.15, 0.2) is 29.3 Å². The van der Waals surface area contributed by atoms with Crippen molar-refractivity contribution < 1.29 is 0 Å². The Morgan fingerprint density at radius 3 is 2.63 bits per heavy atom. The molecule has 0 aromatic heterocycles. The number of nitrogens with zero attached hydrogens (tertiary/aromatic N) is 1. The molecule has 0 unspecified atom stereocenters. The summed E-state index contributed by atoms with van der Waals surface area (Å²) in [5.41, 5.74) is 2.86. The van der Waals surface area contributed by atoms with Crippen molar-refractivity contribution in [3.05, 3.63) is 29.8 Å². The lowest BCUT2D eigenvalue weighted by Gasteiger charge is -2.16. The number of hydrogen-bond donors (Lipinski definition) is 1. The van der Waals surface area contributed by atoms with Crippen LogP contribution >= 0.6 is 11.8 Å². The summed E-state index contributed by atoms with van der Waals surface area (Å²) >= 11 is 1.89. The molecule has 0 radical (unpaired) electrons. The maximum atomic E-state index is 4.94. The monoisotopic (exact) mass is 274 g/mol. The highest BCUT2D eigenvalue weighted by Crippen LogP contribution is 2.41. The predicted octanol–water partition coefficient (Wildman–Crippen LogP) is 4.47. The van der Waals surface area contributed by atoms with E-state index in [1.807, 2.05) is 11.8 Å². The Morgan fingerprint density at radius 2 is 1.95 bits per heavy atom. The topological polar surface area (TPSA) is 24.4 Å². The number of anilines is 1. The van der Waals surface area contributed by atoms with E-state index in [9.17, 15) is 0 Å². The van der Waals surface area contributed by atoms with Crippen LogP contribution < -0.4 is 5.32 Å². The molecular weight excluding hydrogens is 252 g/mol. The first-order valence-corrected chi connectivity index (χ1v) is 8.37. The molecule has 3 heteroatoms. The molecule has 19 heavy (non-hydrogen) atoms. The van der Waals surface area contributed by atoms with Gasteiger partial charge in [-0.05, 0) is 37.0 Å². The summed E-state index contributed by atoms with van der Waals surface area (Å²) in [6.45, 7) is 2.22. The molecule has 1 fully saturated rings. The second-order valence-corrected chi connectivity index (χ2v) is 6.67. The second-order valence-electron chi connectivity index (χ2n) is 5.71. The van der Waals surface area contributed by atoms with Crippen molar-refractivity contribution in [1.29, 1.82) is 0 Å². The van der Waals surface area contributed by atoms with E-state index in [1.54, 1.807) is 0 Å². The molecule has 0 bridgehead atoms. The van der Waals surface area contributed by atoms with Crippen LogP contribution in [0.3, 0.4) is 0 Å². The number of rotatable bonds is 3. The number of thioether (sulfide) groups is 1. The van der Waals surface area contributed by atoms with Gasteiger partial charge < -0.3 is 5.32 Å². The summed E-state index contributed by atoms with van der Waals surface area (Å²) < 4.78 is 0. The van der Waals surface area contributed by atoms with Crippen LogP contribution in [0.1, 0.15) is 44.6 Å². The van der Waals surface area contributed by atoms with Crippen LogP contribution in [0, 0.1) is 0 Å². The zero-order valence-electron chi connectivity index (χ0n) is 11.6. The third-order valence-electron chi connectivity index (χ3n) is 4.09. The summed E-state index contributed by atoms with van der Waals surface area (Å²) in [4.78, 5) is 4.94. The molecule has 0 atom stereocenters. The first-order valence-electron chi connectivity index (χ1n) is 7.38. The first kappa shape index (κ1) is 13.0. The molecule has 1 spiro atoms. The van der Waals surface area contributed by atoms with E-state index in [4.69, 9.17) is 4.99 Å². The molecule has 2 nitrogen and oxygen atoms in total. The van der Waals surface area contributed by atoms with E-state index in [2.05, 4.69) is 36.5 Å². The van der Waals surface area contributed by atoms with Gasteiger partial charge in [0, 0.05) is 11.4 Å². The average molecular weight is 274 g/mol. The van der Waals surface area contributed by atoms with Crippen molar-refractivity contribution in [3.8, 4) is 0 Å². The normalized spacial score (nSPS) is 20.8. The summed E-state index contributed by atoms with van der Waals surface area (Å²) in [5, 5.41) is 4.59. The van der Waals surface area contributed by atoms with Gasteiger partial charge in [-0.3, -0.25) is 4.99 Å². The van der Waals surface area contributed by atoms with Crippen molar-refractivity contribution in [3.63, 3.8) is 0 Å². The van der Waals surface area contributed by atoms with Crippen molar-refractivity contribution in [2.75, 3.05) is 11.1 Å². The van der Waals surface area contributed by atoms with Crippen LogP contribution in [-0.2, 0) is 6.42 Å². The minimum Gasteiger partial charge on any atom is -0.335 e. The zero-order chi connectivity index (χ0) is 13.1. The molecule has 1 aliphatic heterocycles. The Morgan fingerprint density at radius 1 is 1.21 bits per heavy atom. The molecule has 0 amide bonds. The van der Waals surface area contributed by atoms with Gasteiger partial charge in [0.25, 0.3) is 0 Å². The van der Waals surface area contributed by atoms with E-state index in [1.165, 1.54) is 55.5 Å². The van der Waals surface area contributed by atoms with Gasteiger partial charge in [0.15, 0.2) is 5.17 Å². The highest BCUT2D eigenvalue weighted by molar-refractivity contribution is 8.14. The highest BCUT2D eigenvalue weighted by atomic mass is 32.2. The number of aliphatic imine (C=N–C) groups is 1. The standard InChI is InChI=1S/C16H22N2S/c1-2-5-13-6-8-14(9-7-13)17-15-18-16(12-19-15)10-3-4-11-16/h6-9H,2-5,10-12H2,1H3,(H,17,18). The first-order chi connectivity index (χ1) is 9.30. The third-order valence-corrected chi connectivity index (χ3v) is 5.24. The Bertz CT molecular complexity index is 458. The van der Waals surface area contributed by atoms with Gasteiger partial charge in [-0.15, -0.1) is 0 Å². The molecule has 1 heterocycles. The lowest BCUT2D eigenvalue weighted by atomic mass is 10.0. The minimum absolute atomic E-state index is 0.273. The smallest absolute Gasteiger partial charge is 0.161 e. The van der Waals surface area contributed by atoms with Gasteiger partial charge in [0.1, 0.15) is 0 Å². The molecule has 1 N–H and O–H groups in total. The van der Waals surface area contributed by atoms with Crippen molar-refractivity contribution >= 4 is 22.6 Å². The SMILES string of the molecule is CCCc1ccc(NC2=NC3(CCCC3)CS2)cc1. The van der Waals surface area contributed by atoms with Gasteiger partial charge in [0.05, 0.1) is 5.54 Å². The van der Waals surface area contributed by atoms with Crippen LogP contribution in [0.2, 0.25) is 0 Å². The summed E-state index contributed by atoms with van der Waals surface area (Å²) in [6, 6.07) is 8.79. The molecule has 2 aliphatic rings. The zero-order valence-corrected chi connectivity index (χ0v) is 12.4. The number of hydrogen-bond acceptors (Lipinski definition) is 3. The molecule has 102 valence electrons. The Balaban J connectivity index is 1.65. The Hall–Kier alpha value is -0.960. The van der Waals surface area contributed by atoms with E-state index in [0.29, 0.717) is 0 Å². The lowest BCUT2D eigenvalue weighted by molar-refractivity contribution is 0.508. The molecule has 1 aromatic rings. The van der Waals surface area contributed by atoms with Crippen LogP contribution in [0.5, 0.6) is 0 Å². The van der Waals surface area contributed by atoms with Gasteiger partial charge in [0.2, 0.25) is 0 Å².